The van der Waals surface area contributed by atoms with Gasteiger partial charge in [-0.25, -0.2) is 15.0 Å². The van der Waals surface area contributed by atoms with Crippen molar-refractivity contribution in [2.24, 2.45) is 0 Å². The molecule has 0 aliphatic heterocycles. The fourth-order valence-corrected chi connectivity index (χ4v) is 2.80. The average Bonchev–Trinajstić information content (AvgIpc) is 2.27. The smallest absolute Gasteiger partial charge is 0.223 e. The summed E-state index contributed by atoms with van der Waals surface area (Å²) in [5.41, 5.74) is 0. The fraction of sp³-hybridized carbons (Fsp3) is 0. The molecule has 0 saturated heterocycles. The van der Waals surface area contributed by atoms with E-state index in [1.807, 2.05) is 12.1 Å². The van der Waals surface area contributed by atoms with Crippen molar-refractivity contribution >= 4 is 55.2 Å². The van der Waals surface area contributed by atoms with Gasteiger partial charge in [0, 0.05) is 12.4 Å². The molecule has 0 aliphatic rings. The summed E-state index contributed by atoms with van der Waals surface area (Å²) in [6.45, 7) is 0. The van der Waals surface area contributed by atoms with Crippen LogP contribution in [0.25, 0.3) is 0 Å². The summed E-state index contributed by atoms with van der Waals surface area (Å²) < 4.78 is 1.71. The number of rotatable bonds is 2. The zero-order chi connectivity index (χ0) is 11.5. The highest BCUT2D eigenvalue weighted by atomic mass is 79.9. The van der Waals surface area contributed by atoms with Gasteiger partial charge in [0.2, 0.25) is 5.28 Å². The normalized spacial score (nSPS) is 10.4. The Morgan fingerprint density at radius 1 is 1.12 bits per heavy atom. The summed E-state index contributed by atoms with van der Waals surface area (Å²) in [4.78, 5) is 12.2. The Labute approximate surface area is 118 Å². The number of aromatic nitrogens is 3. The van der Waals surface area contributed by atoms with E-state index in [9.17, 15) is 0 Å². The number of halogens is 3. The lowest BCUT2D eigenvalue weighted by Crippen LogP contribution is -1.88. The van der Waals surface area contributed by atoms with Gasteiger partial charge in [-0.2, -0.15) is 0 Å². The lowest BCUT2D eigenvalue weighted by Gasteiger charge is -2.03. The van der Waals surface area contributed by atoms with E-state index >= 15 is 0 Å². The Morgan fingerprint density at radius 3 is 2.69 bits per heavy atom. The molecule has 0 aromatic carbocycles. The second-order valence-corrected chi connectivity index (χ2v) is 5.71. The molecule has 0 saturated carbocycles. The molecule has 2 aromatic heterocycles. The van der Waals surface area contributed by atoms with Crippen LogP contribution in [0.5, 0.6) is 0 Å². The van der Waals surface area contributed by atoms with Gasteiger partial charge in [-0.15, -0.1) is 0 Å². The maximum atomic E-state index is 5.73. The van der Waals surface area contributed by atoms with Gasteiger partial charge in [0.25, 0.3) is 0 Å². The van der Waals surface area contributed by atoms with E-state index in [2.05, 4.69) is 46.8 Å². The average molecular weight is 381 g/mol. The first-order valence-electron chi connectivity index (χ1n) is 4.13. The van der Waals surface area contributed by atoms with Gasteiger partial charge < -0.3 is 0 Å². The van der Waals surface area contributed by atoms with Crippen LogP contribution < -0.4 is 0 Å². The van der Waals surface area contributed by atoms with E-state index in [1.54, 1.807) is 12.4 Å². The van der Waals surface area contributed by atoms with Gasteiger partial charge in [-0.3, -0.25) is 0 Å². The van der Waals surface area contributed by atoms with Crippen LogP contribution in [0.3, 0.4) is 0 Å². The summed E-state index contributed by atoms with van der Waals surface area (Å²) in [5.74, 6) is 0. The minimum atomic E-state index is 0.220. The van der Waals surface area contributed by atoms with Gasteiger partial charge in [0.15, 0.2) is 0 Å². The zero-order valence-electron chi connectivity index (χ0n) is 7.69. The van der Waals surface area contributed by atoms with Crippen molar-refractivity contribution < 1.29 is 0 Å². The summed E-state index contributed by atoms with van der Waals surface area (Å²) in [6.07, 6.45) is 3.35. The Bertz CT molecular complexity index is 524. The molecule has 0 fully saturated rings. The van der Waals surface area contributed by atoms with E-state index in [0.29, 0.717) is 0 Å². The first kappa shape index (κ1) is 12.3. The van der Waals surface area contributed by atoms with Crippen molar-refractivity contribution in [3.8, 4) is 0 Å². The molecule has 0 unspecified atom stereocenters. The number of nitrogens with zero attached hydrogens (tertiary/aromatic N) is 3. The highest BCUT2D eigenvalue weighted by Crippen LogP contribution is 2.34. The van der Waals surface area contributed by atoms with Crippen molar-refractivity contribution in [3.63, 3.8) is 0 Å². The molecule has 0 amide bonds. The highest BCUT2D eigenvalue weighted by Gasteiger charge is 2.09. The molecule has 0 spiro atoms. The van der Waals surface area contributed by atoms with Crippen LogP contribution in [0.4, 0.5) is 0 Å². The Kier molecular flexibility index (Phi) is 4.18. The molecule has 82 valence electrons. The third-order valence-electron chi connectivity index (χ3n) is 1.60. The van der Waals surface area contributed by atoms with E-state index in [-0.39, 0.29) is 5.28 Å². The summed E-state index contributed by atoms with van der Waals surface area (Å²) in [6, 6.07) is 3.78. The van der Waals surface area contributed by atoms with Gasteiger partial charge >= 0.3 is 0 Å². The Hall–Kier alpha value is -0.170. The Morgan fingerprint density at radius 2 is 1.94 bits per heavy atom. The molecule has 2 aromatic rings. The van der Waals surface area contributed by atoms with Crippen LogP contribution in [0.1, 0.15) is 0 Å². The van der Waals surface area contributed by atoms with Crippen LogP contribution >= 0.6 is 55.2 Å². The molecule has 0 N–H and O–H groups in total. The molecule has 0 atom stereocenters. The van der Waals surface area contributed by atoms with Crippen LogP contribution in [-0.2, 0) is 0 Å². The number of pyridine rings is 1. The molecule has 16 heavy (non-hydrogen) atoms. The molecule has 0 radical (unpaired) electrons. The maximum absolute atomic E-state index is 5.73. The molecule has 2 rings (SSSR count). The van der Waals surface area contributed by atoms with Crippen molar-refractivity contribution in [3.05, 3.63) is 38.8 Å². The van der Waals surface area contributed by atoms with Crippen molar-refractivity contribution in [2.45, 2.75) is 10.1 Å². The first-order valence-corrected chi connectivity index (χ1v) is 6.91. The van der Waals surface area contributed by atoms with Crippen LogP contribution in [0, 0.1) is 0 Å². The molecular formula is C9H4Br2ClN3S. The topological polar surface area (TPSA) is 38.7 Å². The minimum Gasteiger partial charge on any atom is -0.248 e. The fourth-order valence-electron chi connectivity index (χ4n) is 0.941. The molecule has 0 bridgehead atoms. The van der Waals surface area contributed by atoms with Crippen LogP contribution in [0.15, 0.2) is 43.5 Å². The van der Waals surface area contributed by atoms with Crippen LogP contribution in [-0.4, -0.2) is 15.0 Å². The predicted molar refractivity (Wildman–Crippen MR) is 70.8 cm³/mol. The number of hydrogen-bond acceptors (Lipinski definition) is 4. The van der Waals surface area contributed by atoms with Gasteiger partial charge in [-0.1, -0.05) is 0 Å². The maximum Gasteiger partial charge on any atom is 0.223 e. The van der Waals surface area contributed by atoms with E-state index in [1.165, 1.54) is 11.8 Å². The molecular weight excluding hydrogens is 377 g/mol. The lowest BCUT2D eigenvalue weighted by atomic mass is 10.5. The molecule has 3 nitrogen and oxygen atoms in total. The standard InChI is InChI=1S/C9H4Br2ClN3S/c10-5-2-1-3-13-7(5)16-8-6(11)4-14-9(12)15-8/h1-4H. The number of hydrogen-bond donors (Lipinski definition) is 0. The zero-order valence-corrected chi connectivity index (χ0v) is 12.4. The summed E-state index contributed by atoms with van der Waals surface area (Å²) in [7, 11) is 0. The van der Waals surface area contributed by atoms with Crippen molar-refractivity contribution in [1.29, 1.82) is 0 Å². The third kappa shape index (κ3) is 2.94. The lowest BCUT2D eigenvalue weighted by molar-refractivity contribution is 1.01. The van der Waals surface area contributed by atoms with E-state index in [0.717, 1.165) is 19.0 Å². The molecule has 2 heterocycles. The molecule has 0 aliphatic carbocycles. The van der Waals surface area contributed by atoms with E-state index < -0.39 is 0 Å². The van der Waals surface area contributed by atoms with Gasteiger partial charge in [-0.05, 0) is 67.4 Å². The second-order valence-electron chi connectivity index (χ2n) is 2.68. The summed E-state index contributed by atoms with van der Waals surface area (Å²) in [5, 5.41) is 1.79. The largest absolute Gasteiger partial charge is 0.248 e. The summed E-state index contributed by atoms with van der Waals surface area (Å²) >= 11 is 13.9. The quantitative estimate of drug-likeness (QED) is 0.577. The SMILES string of the molecule is Clc1ncc(Br)c(Sc2ncccc2Br)n1. The monoisotopic (exact) mass is 379 g/mol. The van der Waals surface area contributed by atoms with Gasteiger partial charge in [0.05, 0.1) is 8.95 Å². The van der Waals surface area contributed by atoms with Gasteiger partial charge in [0.1, 0.15) is 10.1 Å². The highest BCUT2D eigenvalue weighted by molar-refractivity contribution is 9.11. The van der Waals surface area contributed by atoms with E-state index in [4.69, 9.17) is 11.6 Å². The second kappa shape index (κ2) is 5.44. The Balaban J connectivity index is 2.34. The minimum absolute atomic E-state index is 0.220. The van der Waals surface area contributed by atoms with Crippen molar-refractivity contribution in [2.75, 3.05) is 0 Å². The third-order valence-corrected chi connectivity index (χ3v) is 4.55. The first-order chi connectivity index (χ1) is 7.66. The predicted octanol–water partition coefficient (Wildman–Crippen LogP) is 4.20. The molecule has 7 heteroatoms. The van der Waals surface area contributed by atoms with Crippen molar-refractivity contribution in [1.82, 2.24) is 15.0 Å². The van der Waals surface area contributed by atoms with Crippen LogP contribution in [0.2, 0.25) is 5.28 Å².